The van der Waals surface area contributed by atoms with Crippen LogP contribution in [0.15, 0.2) is 91.4 Å². The van der Waals surface area contributed by atoms with E-state index in [1.807, 2.05) is 36.4 Å². The average molecular weight is 438 g/mol. The minimum atomic E-state index is -0.978. The van der Waals surface area contributed by atoms with E-state index in [0.29, 0.717) is 23.5 Å². The molecule has 4 rings (SSSR count). The fourth-order valence-corrected chi connectivity index (χ4v) is 3.29. The number of allylic oxidation sites excluding steroid dienone is 1. The zero-order valence-electron chi connectivity index (χ0n) is 17.7. The Morgan fingerprint density at radius 3 is 2.48 bits per heavy atom. The summed E-state index contributed by atoms with van der Waals surface area (Å²) in [6.45, 7) is 0.0976. The highest BCUT2D eigenvalue weighted by Crippen LogP contribution is 2.21. The summed E-state index contributed by atoms with van der Waals surface area (Å²) >= 11 is 0. The van der Waals surface area contributed by atoms with Crippen LogP contribution in [0.1, 0.15) is 16.8 Å². The summed E-state index contributed by atoms with van der Waals surface area (Å²) in [4.78, 5) is 19.5. The van der Waals surface area contributed by atoms with Gasteiger partial charge in [0.15, 0.2) is 0 Å². The number of ether oxygens (including phenoxy) is 1. The van der Waals surface area contributed by atoms with E-state index in [4.69, 9.17) is 15.3 Å². The number of hydrogen-bond acceptors (Lipinski definition) is 6. The summed E-state index contributed by atoms with van der Waals surface area (Å²) in [6, 6.07) is 22.7. The van der Waals surface area contributed by atoms with Crippen LogP contribution in [-0.4, -0.2) is 33.3 Å². The monoisotopic (exact) mass is 438 g/mol. The summed E-state index contributed by atoms with van der Waals surface area (Å²) in [5.74, 6) is -0.311. The van der Waals surface area contributed by atoms with E-state index in [9.17, 15) is 4.79 Å². The lowest BCUT2D eigenvalue weighted by atomic mass is 9.97. The van der Waals surface area contributed by atoms with Gasteiger partial charge in [-0.1, -0.05) is 24.3 Å². The van der Waals surface area contributed by atoms with Crippen LogP contribution in [0.4, 0.5) is 0 Å². The van der Waals surface area contributed by atoms with Crippen molar-refractivity contribution < 1.29 is 14.6 Å². The largest absolute Gasteiger partial charge is 0.487 e. The summed E-state index contributed by atoms with van der Waals surface area (Å²) < 4.78 is 5.88. The number of hydrogen-bond donors (Lipinski definition) is 3. The Balaban J connectivity index is 1.47. The van der Waals surface area contributed by atoms with Gasteiger partial charge in [-0.3, -0.25) is 15.2 Å². The lowest BCUT2D eigenvalue weighted by Gasteiger charge is -2.12. The van der Waals surface area contributed by atoms with Crippen LogP contribution in [0, 0.1) is 5.41 Å². The molecule has 0 unspecified atom stereocenters. The highest BCUT2D eigenvalue weighted by atomic mass is 16.5. The second-order valence-electron chi connectivity index (χ2n) is 7.25. The van der Waals surface area contributed by atoms with Crippen LogP contribution in [0.5, 0.6) is 5.75 Å². The number of para-hydroxylation sites is 1. The van der Waals surface area contributed by atoms with Gasteiger partial charge in [0, 0.05) is 35.1 Å². The van der Waals surface area contributed by atoms with Gasteiger partial charge in [-0.25, -0.2) is 4.98 Å². The van der Waals surface area contributed by atoms with Gasteiger partial charge in [0.1, 0.15) is 18.9 Å². The number of carbonyl (C=O) groups is 1. The smallest absolute Gasteiger partial charge is 0.322 e. The van der Waals surface area contributed by atoms with Gasteiger partial charge < -0.3 is 15.2 Å². The van der Waals surface area contributed by atoms with E-state index in [1.165, 1.54) is 0 Å². The predicted molar refractivity (Wildman–Crippen MR) is 127 cm³/mol. The van der Waals surface area contributed by atoms with E-state index >= 15 is 0 Å². The molecule has 0 bridgehead atoms. The summed E-state index contributed by atoms with van der Waals surface area (Å²) in [5.41, 5.74) is 4.00. The highest BCUT2D eigenvalue weighted by molar-refractivity contribution is 6.30. The molecule has 7 nitrogen and oxygen atoms in total. The molecular formula is C26H22N4O3. The lowest BCUT2D eigenvalue weighted by Crippen LogP contribution is -2.18. The van der Waals surface area contributed by atoms with E-state index < -0.39 is 5.97 Å². The molecule has 164 valence electrons. The Morgan fingerprint density at radius 1 is 0.970 bits per heavy atom. The van der Waals surface area contributed by atoms with Crippen molar-refractivity contribution >= 4 is 28.2 Å². The third-order valence-electron chi connectivity index (χ3n) is 4.95. The maximum Gasteiger partial charge on any atom is 0.322 e. The van der Waals surface area contributed by atoms with Gasteiger partial charge in [0.05, 0.1) is 16.9 Å². The van der Waals surface area contributed by atoms with Crippen LogP contribution in [-0.2, 0) is 11.4 Å². The highest BCUT2D eigenvalue weighted by Gasteiger charge is 2.11. The van der Waals surface area contributed by atoms with Crippen LogP contribution in [0.2, 0.25) is 0 Å². The number of benzene rings is 2. The second-order valence-corrected chi connectivity index (χ2v) is 7.25. The van der Waals surface area contributed by atoms with Crippen LogP contribution in [0.3, 0.4) is 0 Å². The van der Waals surface area contributed by atoms with Gasteiger partial charge in [-0.2, -0.15) is 0 Å². The van der Waals surface area contributed by atoms with E-state index in [2.05, 4.69) is 15.3 Å². The van der Waals surface area contributed by atoms with Crippen molar-refractivity contribution in [2.75, 3.05) is 6.54 Å². The summed E-state index contributed by atoms with van der Waals surface area (Å²) in [7, 11) is 0. The second kappa shape index (κ2) is 10.2. The Bertz CT molecular complexity index is 1300. The first-order chi connectivity index (χ1) is 16.1. The summed E-state index contributed by atoms with van der Waals surface area (Å²) in [6.07, 6.45) is 4.80. The quantitative estimate of drug-likeness (QED) is 0.337. The molecule has 0 atom stereocenters. The molecular weight excluding hydrogens is 416 g/mol. The number of carboxylic acid groups (broad SMARTS) is 1. The van der Waals surface area contributed by atoms with E-state index in [-0.39, 0.29) is 12.3 Å². The zero-order chi connectivity index (χ0) is 23.0. The lowest BCUT2D eigenvalue weighted by molar-refractivity contribution is -0.135. The van der Waals surface area contributed by atoms with Crippen molar-refractivity contribution in [3.8, 4) is 5.75 Å². The number of nitrogens with zero attached hydrogens (tertiary/aromatic N) is 2. The number of nitrogens with one attached hydrogen (secondary N) is 2. The molecule has 0 saturated carbocycles. The molecule has 0 amide bonds. The van der Waals surface area contributed by atoms with Gasteiger partial charge in [0.2, 0.25) is 0 Å². The molecule has 7 heteroatoms. The zero-order valence-corrected chi connectivity index (χ0v) is 17.7. The number of pyridine rings is 2. The van der Waals surface area contributed by atoms with Crippen molar-refractivity contribution in [1.29, 1.82) is 5.41 Å². The SMILES string of the molecule is N=C(/C(=C\NCC(=O)O)c1ccncc1)c1ccc(OCc2ccc3ccccc3n2)cc1. The first-order valence-corrected chi connectivity index (χ1v) is 10.3. The third kappa shape index (κ3) is 5.59. The Hall–Kier alpha value is -4.52. The minimum absolute atomic E-state index is 0.239. The number of carboxylic acids is 1. The first kappa shape index (κ1) is 21.7. The number of aromatic nitrogens is 2. The van der Waals surface area contributed by atoms with Crippen molar-refractivity contribution in [3.63, 3.8) is 0 Å². The molecule has 2 heterocycles. The molecule has 2 aromatic heterocycles. The topological polar surface area (TPSA) is 108 Å². The first-order valence-electron chi connectivity index (χ1n) is 10.3. The maximum absolute atomic E-state index is 10.8. The molecule has 0 spiro atoms. The van der Waals surface area contributed by atoms with Gasteiger partial charge in [-0.15, -0.1) is 0 Å². The average Bonchev–Trinajstić information content (AvgIpc) is 2.85. The molecule has 3 N–H and O–H groups in total. The third-order valence-corrected chi connectivity index (χ3v) is 4.95. The van der Waals surface area contributed by atoms with Crippen molar-refractivity contribution in [3.05, 3.63) is 108 Å². The van der Waals surface area contributed by atoms with Crippen molar-refractivity contribution in [1.82, 2.24) is 15.3 Å². The normalized spacial score (nSPS) is 11.2. The number of fused-ring (bicyclic) bond motifs is 1. The molecule has 2 aromatic carbocycles. The molecule has 0 aliphatic rings. The molecule has 0 radical (unpaired) electrons. The number of rotatable bonds is 9. The summed E-state index contributed by atoms with van der Waals surface area (Å²) in [5, 5.41) is 21.4. The van der Waals surface area contributed by atoms with E-state index in [1.54, 1.807) is 55.0 Å². The molecule has 33 heavy (non-hydrogen) atoms. The van der Waals surface area contributed by atoms with Crippen LogP contribution >= 0.6 is 0 Å². The van der Waals surface area contributed by atoms with Crippen molar-refractivity contribution in [2.45, 2.75) is 6.61 Å². The Morgan fingerprint density at radius 2 is 1.73 bits per heavy atom. The van der Waals surface area contributed by atoms with Gasteiger partial charge in [0.25, 0.3) is 0 Å². The maximum atomic E-state index is 10.8. The van der Waals surface area contributed by atoms with Gasteiger partial charge in [-0.05, 0) is 54.1 Å². The minimum Gasteiger partial charge on any atom is -0.487 e. The fourth-order valence-electron chi connectivity index (χ4n) is 3.29. The van der Waals surface area contributed by atoms with Crippen molar-refractivity contribution in [2.24, 2.45) is 0 Å². The molecule has 4 aromatic rings. The molecule has 0 fully saturated rings. The van der Waals surface area contributed by atoms with Gasteiger partial charge >= 0.3 is 5.97 Å². The van der Waals surface area contributed by atoms with Crippen LogP contribution in [0.25, 0.3) is 16.5 Å². The Kier molecular flexibility index (Phi) is 6.70. The Labute approximate surface area is 190 Å². The molecule has 0 saturated heterocycles. The predicted octanol–water partition coefficient (Wildman–Crippen LogP) is 4.29. The molecule has 0 aliphatic heterocycles. The van der Waals surface area contributed by atoms with E-state index in [0.717, 1.165) is 22.2 Å². The van der Waals surface area contributed by atoms with Crippen LogP contribution < -0.4 is 10.1 Å². The fraction of sp³-hybridized carbons (Fsp3) is 0.0769. The molecule has 0 aliphatic carbocycles. The number of aliphatic carboxylic acids is 1. The standard InChI is InChI=1S/C26H22N4O3/c27-26(23(15-29-16-25(31)32)18-11-13-28-14-12-18)20-6-9-22(10-7-20)33-17-21-8-5-19-3-1-2-4-24(19)30-21/h1-15,27,29H,16-17H2,(H,31,32)/b23-15-,27-26?.